The first kappa shape index (κ1) is 13.6. The highest BCUT2D eigenvalue weighted by molar-refractivity contribution is 8.02. The molecule has 1 heterocycles. The zero-order valence-electron chi connectivity index (χ0n) is 10.7. The summed E-state index contributed by atoms with van der Waals surface area (Å²) in [5, 5.41) is 2.15. The monoisotopic (exact) mass is 243 g/mol. The predicted octanol–water partition coefficient (Wildman–Crippen LogP) is 2.35. The number of hydrogen-bond acceptors (Lipinski definition) is 3. The van der Waals surface area contributed by atoms with Gasteiger partial charge in [-0.1, -0.05) is 34.6 Å². The minimum absolute atomic E-state index is 0.0187. The highest BCUT2D eigenvalue weighted by atomic mass is 32.2. The molecule has 1 aliphatic heterocycles. The van der Waals surface area contributed by atoms with Crippen molar-refractivity contribution in [2.45, 2.75) is 57.5 Å². The summed E-state index contributed by atoms with van der Waals surface area (Å²) in [6.07, 6.45) is 1.35. The van der Waals surface area contributed by atoms with Crippen LogP contribution in [0, 0.1) is 5.41 Å². The molecule has 0 saturated carbocycles. The smallest absolute Gasteiger partial charge is 0.240 e. The summed E-state index contributed by atoms with van der Waals surface area (Å²) in [5.74, 6) is -0.272. The fourth-order valence-corrected chi connectivity index (χ4v) is 4.02. The van der Waals surface area contributed by atoms with Gasteiger partial charge in [0.1, 0.15) is 0 Å². The molecule has 0 radical (unpaired) electrons. The molecule has 16 heavy (non-hydrogen) atoms. The molecule has 0 spiro atoms. The molecule has 1 rings (SSSR count). The number of carbonyl (C=O) groups is 2. The molecule has 1 unspecified atom stereocenters. The second kappa shape index (κ2) is 4.40. The Kier molecular flexibility index (Phi) is 3.72. The Morgan fingerprint density at radius 3 is 2.19 bits per heavy atom. The molecule has 92 valence electrons. The largest absolute Gasteiger partial charge is 0.295 e. The molecule has 2 amide bonds. The lowest BCUT2D eigenvalue weighted by molar-refractivity contribution is -0.124. The van der Waals surface area contributed by atoms with Crippen LogP contribution in [0.1, 0.15) is 47.5 Å². The number of rotatable bonds is 3. The number of hydrogen-bond donors (Lipinski definition) is 1. The Labute approximate surface area is 102 Å². The van der Waals surface area contributed by atoms with Gasteiger partial charge in [-0.05, 0) is 11.8 Å². The first-order valence-electron chi connectivity index (χ1n) is 5.61. The minimum Gasteiger partial charge on any atom is -0.295 e. The molecule has 0 bridgehead atoms. The van der Waals surface area contributed by atoms with Crippen LogP contribution in [-0.2, 0) is 9.59 Å². The van der Waals surface area contributed by atoms with Crippen LogP contribution in [0.25, 0.3) is 0 Å². The van der Waals surface area contributed by atoms with Crippen molar-refractivity contribution in [3.05, 3.63) is 0 Å². The third-order valence-corrected chi connectivity index (χ3v) is 3.79. The lowest BCUT2D eigenvalue weighted by atomic mass is 9.86. The van der Waals surface area contributed by atoms with Crippen LogP contribution in [0.2, 0.25) is 0 Å². The van der Waals surface area contributed by atoms with Crippen molar-refractivity contribution in [3.63, 3.8) is 0 Å². The van der Waals surface area contributed by atoms with E-state index in [0.717, 1.165) is 6.42 Å². The first-order chi connectivity index (χ1) is 7.09. The quantitative estimate of drug-likeness (QED) is 0.774. The summed E-state index contributed by atoms with van der Waals surface area (Å²) >= 11 is 1.62. The lowest BCUT2D eigenvalue weighted by Gasteiger charge is -2.33. The van der Waals surface area contributed by atoms with Gasteiger partial charge in [0, 0.05) is 11.2 Å². The van der Waals surface area contributed by atoms with Crippen LogP contribution < -0.4 is 5.32 Å². The van der Waals surface area contributed by atoms with E-state index in [1.807, 2.05) is 0 Å². The van der Waals surface area contributed by atoms with E-state index in [0.29, 0.717) is 6.42 Å². The molecule has 0 aromatic heterocycles. The molecule has 1 atom stereocenters. The zero-order valence-corrected chi connectivity index (χ0v) is 11.5. The van der Waals surface area contributed by atoms with E-state index in [-0.39, 0.29) is 27.2 Å². The fraction of sp³-hybridized carbons (Fsp3) is 0.833. The Bertz CT molecular complexity index is 305. The first-order valence-corrected chi connectivity index (χ1v) is 6.49. The van der Waals surface area contributed by atoms with Gasteiger partial charge in [0.15, 0.2) is 0 Å². The van der Waals surface area contributed by atoms with E-state index in [9.17, 15) is 9.59 Å². The molecule has 1 saturated heterocycles. The van der Waals surface area contributed by atoms with Crippen molar-refractivity contribution in [2.75, 3.05) is 0 Å². The lowest BCUT2D eigenvalue weighted by Crippen LogP contribution is -2.30. The normalized spacial score (nSPS) is 22.4. The Morgan fingerprint density at radius 2 is 1.81 bits per heavy atom. The van der Waals surface area contributed by atoms with E-state index in [4.69, 9.17) is 0 Å². The van der Waals surface area contributed by atoms with E-state index in [1.165, 1.54) is 0 Å². The van der Waals surface area contributed by atoms with Gasteiger partial charge < -0.3 is 0 Å². The number of imide groups is 1. The molecule has 1 aliphatic rings. The van der Waals surface area contributed by atoms with Crippen LogP contribution in [0.3, 0.4) is 0 Å². The maximum Gasteiger partial charge on any atom is 0.240 e. The van der Waals surface area contributed by atoms with E-state index >= 15 is 0 Å². The second-order valence-electron chi connectivity index (χ2n) is 6.22. The van der Waals surface area contributed by atoms with Crippen LogP contribution in [0.5, 0.6) is 0 Å². The SMILES string of the molecule is CC(C)(C)CC(C)(C)SC1CC(=O)NC1=O. The van der Waals surface area contributed by atoms with Crippen LogP contribution >= 0.6 is 11.8 Å². The summed E-state index contributed by atoms with van der Waals surface area (Å²) in [4.78, 5) is 22.6. The van der Waals surface area contributed by atoms with Crippen molar-refractivity contribution in [2.24, 2.45) is 5.41 Å². The number of thioether (sulfide) groups is 1. The molecule has 4 heteroatoms. The molecule has 0 aliphatic carbocycles. The number of carbonyl (C=O) groups excluding carboxylic acids is 2. The highest BCUT2D eigenvalue weighted by Gasteiger charge is 2.37. The van der Waals surface area contributed by atoms with Gasteiger partial charge in [0.05, 0.1) is 5.25 Å². The van der Waals surface area contributed by atoms with Gasteiger partial charge in [-0.25, -0.2) is 0 Å². The molecular formula is C12H21NO2S. The van der Waals surface area contributed by atoms with Crippen LogP contribution in [0.15, 0.2) is 0 Å². The Balaban J connectivity index is 2.59. The summed E-state index contributed by atoms with van der Waals surface area (Å²) in [7, 11) is 0. The third kappa shape index (κ3) is 4.16. The van der Waals surface area contributed by atoms with E-state index in [2.05, 4.69) is 39.9 Å². The van der Waals surface area contributed by atoms with E-state index in [1.54, 1.807) is 11.8 Å². The third-order valence-electron chi connectivity index (χ3n) is 2.34. The molecule has 0 aromatic carbocycles. The van der Waals surface area contributed by atoms with Crippen LogP contribution in [0.4, 0.5) is 0 Å². The maximum absolute atomic E-state index is 11.5. The number of amides is 2. The fourth-order valence-electron chi connectivity index (χ4n) is 2.33. The zero-order chi connectivity index (χ0) is 12.6. The van der Waals surface area contributed by atoms with Crippen molar-refractivity contribution in [1.82, 2.24) is 5.32 Å². The number of nitrogens with one attached hydrogen (secondary N) is 1. The molecule has 1 fully saturated rings. The van der Waals surface area contributed by atoms with Crippen molar-refractivity contribution >= 4 is 23.6 Å². The predicted molar refractivity (Wildman–Crippen MR) is 67.3 cm³/mol. The summed E-state index contributed by atoms with van der Waals surface area (Å²) < 4.78 is 0.0187. The van der Waals surface area contributed by atoms with Crippen molar-refractivity contribution in [1.29, 1.82) is 0 Å². The van der Waals surface area contributed by atoms with Gasteiger partial charge >= 0.3 is 0 Å². The summed E-state index contributed by atoms with van der Waals surface area (Å²) in [5.41, 5.74) is 0.232. The van der Waals surface area contributed by atoms with E-state index < -0.39 is 0 Å². The van der Waals surface area contributed by atoms with Gasteiger partial charge in [-0.3, -0.25) is 14.9 Å². The average molecular weight is 243 g/mol. The Morgan fingerprint density at radius 1 is 1.25 bits per heavy atom. The highest BCUT2D eigenvalue weighted by Crippen LogP contribution is 2.40. The van der Waals surface area contributed by atoms with Crippen molar-refractivity contribution < 1.29 is 9.59 Å². The molecule has 0 aromatic rings. The van der Waals surface area contributed by atoms with Gasteiger partial charge in [-0.15, -0.1) is 11.8 Å². The minimum atomic E-state index is -0.204. The molecule has 1 N–H and O–H groups in total. The average Bonchev–Trinajstić information content (AvgIpc) is 2.22. The standard InChI is InChI=1S/C12H21NO2S/c1-11(2,3)7-12(4,5)16-8-6-9(14)13-10(8)15/h8H,6-7H2,1-5H3,(H,13,14,15). The molecule has 3 nitrogen and oxygen atoms in total. The van der Waals surface area contributed by atoms with Gasteiger partial charge in [-0.2, -0.15) is 0 Å². The van der Waals surface area contributed by atoms with Crippen LogP contribution in [-0.4, -0.2) is 21.8 Å². The summed E-state index contributed by atoms with van der Waals surface area (Å²) in [6.45, 7) is 10.8. The topological polar surface area (TPSA) is 46.2 Å². The van der Waals surface area contributed by atoms with Crippen molar-refractivity contribution in [3.8, 4) is 0 Å². The van der Waals surface area contributed by atoms with Gasteiger partial charge in [0.2, 0.25) is 11.8 Å². The maximum atomic E-state index is 11.5. The second-order valence-corrected chi connectivity index (χ2v) is 8.13. The van der Waals surface area contributed by atoms with Gasteiger partial charge in [0.25, 0.3) is 0 Å². The Hall–Kier alpha value is -0.510. The summed E-state index contributed by atoms with van der Waals surface area (Å²) in [6, 6.07) is 0. The molecular weight excluding hydrogens is 222 g/mol.